The van der Waals surface area contributed by atoms with E-state index < -0.39 is 46.2 Å². The zero-order valence-electron chi connectivity index (χ0n) is 33.5. The summed E-state index contributed by atoms with van der Waals surface area (Å²) in [6, 6.07) is 39.6. The molecule has 0 amide bonds. The highest BCUT2D eigenvalue weighted by molar-refractivity contribution is 6.06. The van der Waals surface area contributed by atoms with E-state index in [4.69, 9.17) is 13.9 Å². The Morgan fingerprint density at radius 3 is 0.984 bits per heavy atom. The largest absolute Gasteiger partial charge is 0.508 e. The Kier molecular flexibility index (Phi) is 11.1. The molecule has 0 spiro atoms. The van der Waals surface area contributed by atoms with E-state index in [1.807, 2.05) is 76.2 Å². The van der Waals surface area contributed by atoms with Crippen LogP contribution in [0.4, 0.5) is 0 Å². The van der Waals surface area contributed by atoms with Gasteiger partial charge in [0, 0.05) is 22.0 Å². The van der Waals surface area contributed by atoms with E-state index in [0.29, 0.717) is 11.5 Å². The van der Waals surface area contributed by atoms with E-state index in [1.54, 1.807) is 48.5 Å². The maximum absolute atomic E-state index is 13.2. The number of ether oxygens (including phenoxy) is 2. The summed E-state index contributed by atoms with van der Waals surface area (Å²) in [5.74, 6) is -4.69. The van der Waals surface area contributed by atoms with Crippen molar-refractivity contribution >= 4 is 23.9 Å². The zero-order valence-corrected chi connectivity index (χ0v) is 33.5. The van der Waals surface area contributed by atoms with E-state index in [2.05, 4.69) is 0 Å². The van der Waals surface area contributed by atoms with Gasteiger partial charge < -0.3 is 34.3 Å². The van der Waals surface area contributed by atoms with Gasteiger partial charge in [-0.1, -0.05) is 100 Å². The third-order valence-electron chi connectivity index (χ3n) is 10.9. The van der Waals surface area contributed by atoms with Crippen molar-refractivity contribution in [2.24, 2.45) is 0 Å². The molecule has 0 saturated carbocycles. The molecule has 0 radical (unpaired) electrons. The van der Waals surface area contributed by atoms with Crippen LogP contribution in [0.1, 0.15) is 91.8 Å². The molecular weight excluding hydrogens is 777 g/mol. The monoisotopic (exact) mass is 816 g/mol. The molecule has 306 valence electrons. The van der Waals surface area contributed by atoms with Crippen LogP contribution in [0.25, 0.3) is 22.3 Å². The number of hydrogen-bond acceptors (Lipinski definition) is 9. The van der Waals surface area contributed by atoms with Crippen molar-refractivity contribution in [3.8, 4) is 45.3 Å². The lowest BCUT2D eigenvalue weighted by Crippen LogP contribution is -2.18. The standard InChI is InChI=1S/C50H40O11/c1-49(2,33-13-21-37(51)22-14-33)35-17-25-39(26-18-35)59-47(57)31-9-5-29(6-10-31)41-42(44(46(55)56)61-43(41)45(53)54)30-7-11-32(12-8-30)48(58)60-40-27-19-36(20-28-40)50(3,4)34-15-23-38(52)24-16-34/h5-28,51-52H,1-4H3,(H,53,54)(H,55,56). The number of furan rings is 1. The Labute approximate surface area is 350 Å². The van der Waals surface area contributed by atoms with Crippen LogP contribution in [0.15, 0.2) is 150 Å². The molecule has 0 atom stereocenters. The van der Waals surface area contributed by atoms with Crippen LogP contribution in [0.3, 0.4) is 0 Å². The van der Waals surface area contributed by atoms with Crippen LogP contribution in [0, 0.1) is 0 Å². The third-order valence-corrected chi connectivity index (χ3v) is 10.9. The highest BCUT2D eigenvalue weighted by Crippen LogP contribution is 2.41. The lowest BCUT2D eigenvalue weighted by molar-refractivity contribution is 0.0629. The van der Waals surface area contributed by atoms with Gasteiger partial charge in [0.15, 0.2) is 0 Å². The van der Waals surface area contributed by atoms with Gasteiger partial charge in [-0.05, 0) is 106 Å². The molecule has 0 aliphatic heterocycles. The Hall–Kier alpha value is -7.92. The molecule has 0 fully saturated rings. The summed E-state index contributed by atoms with van der Waals surface area (Å²) in [7, 11) is 0. The smallest absolute Gasteiger partial charge is 0.372 e. The lowest BCUT2D eigenvalue weighted by atomic mass is 9.78. The minimum absolute atomic E-state index is 0.0395. The number of aromatic carboxylic acids is 2. The van der Waals surface area contributed by atoms with E-state index in [9.17, 15) is 39.6 Å². The summed E-state index contributed by atoms with van der Waals surface area (Å²) >= 11 is 0. The molecule has 7 rings (SSSR count). The first-order valence-electron chi connectivity index (χ1n) is 19.1. The Morgan fingerprint density at radius 2 is 0.705 bits per heavy atom. The topological polar surface area (TPSA) is 181 Å². The number of esters is 2. The molecule has 0 aliphatic rings. The molecule has 11 heteroatoms. The van der Waals surface area contributed by atoms with Crippen molar-refractivity contribution in [1.82, 2.24) is 0 Å². The predicted molar refractivity (Wildman–Crippen MR) is 227 cm³/mol. The van der Waals surface area contributed by atoms with Crippen LogP contribution in [-0.2, 0) is 10.8 Å². The fraction of sp³-hybridized carbons (Fsp3) is 0.120. The molecule has 0 aliphatic carbocycles. The maximum Gasteiger partial charge on any atom is 0.372 e. The Bertz CT molecular complexity index is 2550. The Balaban J connectivity index is 1.09. The van der Waals surface area contributed by atoms with Gasteiger partial charge in [-0.3, -0.25) is 0 Å². The average molecular weight is 817 g/mol. The van der Waals surface area contributed by atoms with Gasteiger partial charge >= 0.3 is 23.9 Å². The number of rotatable bonds is 12. The highest BCUT2D eigenvalue weighted by atomic mass is 16.5. The number of hydrogen-bond donors (Lipinski definition) is 4. The fourth-order valence-corrected chi connectivity index (χ4v) is 7.13. The van der Waals surface area contributed by atoms with Crippen molar-refractivity contribution in [2.45, 2.75) is 38.5 Å². The quantitative estimate of drug-likeness (QED) is 0.0680. The van der Waals surface area contributed by atoms with Crippen molar-refractivity contribution in [3.63, 3.8) is 0 Å². The number of aromatic hydroxyl groups is 2. The van der Waals surface area contributed by atoms with E-state index in [1.165, 1.54) is 48.5 Å². The minimum Gasteiger partial charge on any atom is -0.508 e. The molecule has 0 bridgehead atoms. The van der Waals surface area contributed by atoms with E-state index in [-0.39, 0.29) is 44.9 Å². The van der Waals surface area contributed by atoms with Crippen molar-refractivity contribution < 1.29 is 53.5 Å². The fourth-order valence-electron chi connectivity index (χ4n) is 7.13. The second-order valence-electron chi connectivity index (χ2n) is 15.4. The predicted octanol–water partition coefficient (Wildman–Crippen LogP) is 10.5. The number of carboxylic acids is 2. The third kappa shape index (κ3) is 8.48. The van der Waals surface area contributed by atoms with Gasteiger partial charge in [0.2, 0.25) is 11.5 Å². The summed E-state index contributed by atoms with van der Waals surface area (Å²) in [4.78, 5) is 51.2. The first-order valence-corrected chi connectivity index (χ1v) is 19.1. The molecule has 1 aromatic heterocycles. The van der Waals surface area contributed by atoms with Gasteiger partial charge in [0.25, 0.3) is 0 Å². The molecule has 61 heavy (non-hydrogen) atoms. The number of carbonyl (C=O) groups excluding carboxylic acids is 2. The number of phenolic OH excluding ortho intramolecular Hbond substituents is 2. The number of carboxylic acid groups (broad SMARTS) is 2. The van der Waals surface area contributed by atoms with Crippen LogP contribution >= 0.6 is 0 Å². The van der Waals surface area contributed by atoms with Crippen LogP contribution in [0.5, 0.6) is 23.0 Å². The second-order valence-corrected chi connectivity index (χ2v) is 15.4. The average Bonchev–Trinajstić information content (AvgIpc) is 3.66. The van der Waals surface area contributed by atoms with Gasteiger partial charge in [0.05, 0.1) is 11.1 Å². The number of phenols is 2. The molecule has 7 aromatic rings. The summed E-state index contributed by atoms with van der Waals surface area (Å²) in [6.45, 7) is 8.16. The molecule has 11 nitrogen and oxygen atoms in total. The first-order chi connectivity index (χ1) is 29.0. The van der Waals surface area contributed by atoms with Crippen molar-refractivity contribution in [2.75, 3.05) is 0 Å². The van der Waals surface area contributed by atoms with Crippen molar-refractivity contribution in [1.29, 1.82) is 0 Å². The molecule has 0 unspecified atom stereocenters. The molecule has 6 aromatic carbocycles. The van der Waals surface area contributed by atoms with Gasteiger partial charge in [-0.15, -0.1) is 0 Å². The zero-order chi connectivity index (χ0) is 43.6. The minimum atomic E-state index is -1.51. The van der Waals surface area contributed by atoms with Crippen molar-refractivity contribution in [3.05, 3.63) is 190 Å². The van der Waals surface area contributed by atoms with Gasteiger partial charge in [-0.25, -0.2) is 19.2 Å². The summed E-state index contributed by atoms with van der Waals surface area (Å²) in [5, 5.41) is 39.5. The van der Waals surface area contributed by atoms with E-state index in [0.717, 1.165) is 22.3 Å². The van der Waals surface area contributed by atoms with Gasteiger partial charge in [0.1, 0.15) is 23.0 Å². The summed E-state index contributed by atoms with van der Waals surface area (Å²) in [5.41, 5.74) is 3.81. The van der Waals surface area contributed by atoms with Crippen LogP contribution < -0.4 is 9.47 Å². The van der Waals surface area contributed by atoms with Gasteiger partial charge in [-0.2, -0.15) is 0 Å². The number of carbonyl (C=O) groups is 4. The highest BCUT2D eigenvalue weighted by Gasteiger charge is 2.31. The molecular formula is C50H40O11. The maximum atomic E-state index is 13.2. The molecule has 4 N–H and O–H groups in total. The molecule has 1 heterocycles. The second kappa shape index (κ2) is 16.4. The summed E-state index contributed by atoms with van der Waals surface area (Å²) in [6.07, 6.45) is 0. The van der Waals surface area contributed by atoms with Crippen LogP contribution in [-0.4, -0.2) is 44.3 Å². The van der Waals surface area contributed by atoms with E-state index >= 15 is 0 Å². The molecule has 0 saturated heterocycles. The number of benzene rings is 6. The first kappa shape index (κ1) is 41.2. The Morgan fingerprint density at radius 1 is 0.426 bits per heavy atom. The van der Waals surface area contributed by atoms with Crippen LogP contribution in [0.2, 0.25) is 0 Å². The lowest BCUT2D eigenvalue weighted by Gasteiger charge is -2.26. The normalized spacial score (nSPS) is 11.5. The summed E-state index contributed by atoms with van der Waals surface area (Å²) < 4.78 is 16.7. The SMILES string of the molecule is CC(C)(c1ccc(O)cc1)c1ccc(OC(=O)c2ccc(-c3c(C(=O)O)oc(C(=O)O)c3-c3ccc(C(=O)Oc4ccc(C(C)(C)c5ccc(O)cc5)cc4)cc3)cc2)cc1.